The Balaban J connectivity index is 1.97. The summed E-state index contributed by atoms with van der Waals surface area (Å²) in [5.41, 5.74) is 0.443. The van der Waals surface area contributed by atoms with Crippen LogP contribution < -0.4 is 16.0 Å². The molecule has 7 heteroatoms. The van der Waals surface area contributed by atoms with Crippen LogP contribution in [0.15, 0.2) is 18.2 Å². The van der Waals surface area contributed by atoms with Crippen LogP contribution in [0.3, 0.4) is 0 Å². The molecule has 5 nitrogen and oxygen atoms in total. The number of hydrogen-bond donors (Lipinski definition) is 3. The summed E-state index contributed by atoms with van der Waals surface area (Å²) in [5, 5.41) is 9.35. The summed E-state index contributed by atoms with van der Waals surface area (Å²) in [6, 6.07) is 4.30. The van der Waals surface area contributed by atoms with E-state index in [0.29, 0.717) is 28.8 Å². The highest BCUT2D eigenvalue weighted by atomic mass is 35.5. The van der Waals surface area contributed by atoms with Crippen LogP contribution in [0, 0.1) is 0 Å². The molecule has 2 amide bonds. The second kappa shape index (κ2) is 6.92. The molecule has 20 heavy (non-hydrogen) atoms. The predicted molar refractivity (Wildman–Crippen MR) is 79.1 cm³/mol. The van der Waals surface area contributed by atoms with E-state index in [1.165, 1.54) is 0 Å². The number of benzene rings is 1. The van der Waals surface area contributed by atoms with Crippen LogP contribution in [-0.4, -0.2) is 30.9 Å². The maximum Gasteiger partial charge on any atom is 0.237 e. The molecule has 1 aliphatic rings. The molecule has 0 bridgehead atoms. The van der Waals surface area contributed by atoms with Gasteiger partial charge in [0, 0.05) is 11.6 Å². The van der Waals surface area contributed by atoms with Crippen molar-refractivity contribution >= 4 is 40.7 Å². The molecule has 0 aromatic heterocycles. The summed E-state index contributed by atoms with van der Waals surface area (Å²) >= 11 is 11.8. The standard InChI is InChI=1S/C13H15Cl2N3O2/c14-8-2-3-9(15)10(6-8)18-12(19)7-11-13(20)17-5-1-4-16-11/h2-3,6,11,16H,1,4-5,7H2,(H,17,20)(H,18,19)/t11-/m1/s1. The molecule has 2 rings (SSSR count). The molecule has 1 aliphatic heterocycles. The van der Waals surface area contributed by atoms with Gasteiger partial charge in [-0.05, 0) is 31.2 Å². The Morgan fingerprint density at radius 1 is 1.35 bits per heavy atom. The lowest BCUT2D eigenvalue weighted by Crippen LogP contribution is -2.43. The van der Waals surface area contributed by atoms with Crippen molar-refractivity contribution in [2.75, 3.05) is 18.4 Å². The highest BCUT2D eigenvalue weighted by Crippen LogP contribution is 2.25. The van der Waals surface area contributed by atoms with Crippen LogP contribution in [0.25, 0.3) is 0 Å². The van der Waals surface area contributed by atoms with Gasteiger partial charge in [-0.15, -0.1) is 0 Å². The molecule has 1 fully saturated rings. The average molecular weight is 316 g/mol. The van der Waals surface area contributed by atoms with E-state index in [1.807, 2.05) is 0 Å². The summed E-state index contributed by atoms with van der Waals surface area (Å²) in [4.78, 5) is 23.7. The van der Waals surface area contributed by atoms with Gasteiger partial charge in [0.1, 0.15) is 0 Å². The van der Waals surface area contributed by atoms with E-state index in [-0.39, 0.29) is 18.2 Å². The molecule has 0 radical (unpaired) electrons. The molecule has 1 aromatic carbocycles. The van der Waals surface area contributed by atoms with Crippen LogP contribution in [0.2, 0.25) is 10.0 Å². The minimum atomic E-state index is -0.518. The SMILES string of the molecule is O=C(C[C@H]1NCCCNC1=O)Nc1cc(Cl)ccc1Cl. The zero-order valence-corrected chi connectivity index (χ0v) is 12.2. The lowest BCUT2D eigenvalue weighted by molar-refractivity contribution is -0.126. The molecule has 1 atom stereocenters. The van der Waals surface area contributed by atoms with Gasteiger partial charge in [0.15, 0.2) is 0 Å². The molecule has 0 aliphatic carbocycles. The Morgan fingerprint density at radius 3 is 2.95 bits per heavy atom. The first kappa shape index (κ1) is 15.1. The first-order valence-corrected chi connectivity index (χ1v) is 7.08. The molecular weight excluding hydrogens is 301 g/mol. The third kappa shape index (κ3) is 4.10. The number of carbonyl (C=O) groups is 2. The minimum absolute atomic E-state index is 0.0503. The van der Waals surface area contributed by atoms with Crippen molar-refractivity contribution in [3.8, 4) is 0 Å². The number of anilines is 1. The fourth-order valence-corrected chi connectivity index (χ4v) is 2.27. The van der Waals surface area contributed by atoms with Crippen molar-refractivity contribution in [1.29, 1.82) is 0 Å². The third-order valence-electron chi connectivity index (χ3n) is 2.95. The van der Waals surface area contributed by atoms with Gasteiger partial charge >= 0.3 is 0 Å². The maximum absolute atomic E-state index is 12.0. The van der Waals surface area contributed by atoms with Crippen molar-refractivity contribution in [1.82, 2.24) is 10.6 Å². The van der Waals surface area contributed by atoms with E-state index in [4.69, 9.17) is 23.2 Å². The Hall–Kier alpha value is -1.30. The van der Waals surface area contributed by atoms with E-state index in [2.05, 4.69) is 16.0 Å². The van der Waals surface area contributed by atoms with Gasteiger partial charge in [0.05, 0.1) is 23.2 Å². The normalized spacial score (nSPS) is 19.1. The lowest BCUT2D eigenvalue weighted by atomic mass is 10.2. The molecule has 0 spiro atoms. The molecule has 1 saturated heterocycles. The number of amides is 2. The summed E-state index contributed by atoms with van der Waals surface area (Å²) in [5.74, 6) is -0.446. The van der Waals surface area contributed by atoms with E-state index >= 15 is 0 Å². The van der Waals surface area contributed by atoms with Gasteiger partial charge in [-0.3, -0.25) is 9.59 Å². The zero-order valence-electron chi connectivity index (χ0n) is 10.7. The number of hydrogen-bond acceptors (Lipinski definition) is 3. The van der Waals surface area contributed by atoms with Gasteiger partial charge < -0.3 is 16.0 Å². The Labute approximate surface area is 127 Å². The molecule has 0 unspecified atom stereocenters. The fraction of sp³-hybridized carbons (Fsp3) is 0.385. The predicted octanol–water partition coefficient (Wildman–Crippen LogP) is 1.80. The minimum Gasteiger partial charge on any atom is -0.355 e. The average Bonchev–Trinajstić information content (AvgIpc) is 2.59. The number of rotatable bonds is 3. The van der Waals surface area contributed by atoms with Crippen molar-refractivity contribution in [2.45, 2.75) is 18.9 Å². The second-order valence-electron chi connectivity index (χ2n) is 4.53. The summed E-state index contributed by atoms with van der Waals surface area (Å²) in [6.45, 7) is 1.33. The smallest absolute Gasteiger partial charge is 0.237 e. The van der Waals surface area contributed by atoms with E-state index in [9.17, 15) is 9.59 Å². The highest BCUT2D eigenvalue weighted by Gasteiger charge is 2.23. The van der Waals surface area contributed by atoms with E-state index in [1.54, 1.807) is 18.2 Å². The number of halogens is 2. The molecule has 1 aromatic rings. The van der Waals surface area contributed by atoms with Gasteiger partial charge in [-0.2, -0.15) is 0 Å². The van der Waals surface area contributed by atoms with Gasteiger partial charge in [0.25, 0.3) is 0 Å². The quantitative estimate of drug-likeness (QED) is 0.796. The van der Waals surface area contributed by atoms with Gasteiger partial charge in [0.2, 0.25) is 11.8 Å². The van der Waals surface area contributed by atoms with Crippen LogP contribution in [0.4, 0.5) is 5.69 Å². The van der Waals surface area contributed by atoms with E-state index in [0.717, 1.165) is 6.42 Å². The number of carbonyl (C=O) groups excluding carboxylic acids is 2. The molecule has 1 heterocycles. The van der Waals surface area contributed by atoms with Crippen LogP contribution in [-0.2, 0) is 9.59 Å². The summed E-state index contributed by atoms with van der Waals surface area (Å²) < 4.78 is 0. The van der Waals surface area contributed by atoms with Crippen molar-refractivity contribution in [3.05, 3.63) is 28.2 Å². The fourth-order valence-electron chi connectivity index (χ4n) is 1.94. The number of nitrogens with one attached hydrogen (secondary N) is 3. The molecule has 108 valence electrons. The van der Waals surface area contributed by atoms with E-state index < -0.39 is 6.04 Å². The van der Waals surface area contributed by atoms with Crippen molar-refractivity contribution < 1.29 is 9.59 Å². The highest BCUT2D eigenvalue weighted by molar-refractivity contribution is 6.35. The summed E-state index contributed by atoms with van der Waals surface area (Å²) in [6.07, 6.45) is 0.901. The Kier molecular flexibility index (Phi) is 5.23. The molecule has 0 saturated carbocycles. The lowest BCUT2D eigenvalue weighted by Gasteiger charge is -2.14. The van der Waals surface area contributed by atoms with Gasteiger partial charge in [-0.25, -0.2) is 0 Å². The first-order valence-electron chi connectivity index (χ1n) is 6.32. The topological polar surface area (TPSA) is 70.2 Å². The monoisotopic (exact) mass is 315 g/mol. The van der Waals surface area contributed by atoms with Crippen molar-refractivity contribution in [2.24, 2.45) is 0 Å². The van der Waals surface area contributed by atoms with Crippen molar-refractivity contribution in [3.63, 3.8) is 0 Å². The van der Waals surface area contributed by atoms with Crippen LogP contribution in [0.1, 0.15) is 12.8 Å². The molecule has 3 N–H and O–H groups in total. The third-order valence-corrected chi connectivity index (χ3v) is 3.52. The maximum atomic E-state index is 12.0. The van der Waals surface area contributed by atoms with Gasteiger partial charge in [-0.1, -0.05) is 23.2 Å². The first-order chi connectivity index (χ1) is 9.56. The largest absolute Gasteiger partial charge is 0.355 e. The van der Waals surface area contributed by atoms with Crippen LogP contribution >= 0.6 is 23.2 Å². The summed E-state index contributed by atoms with van der Waals surface area (Å²) in [7, 11) is 0. The van der Waals surface area contributed by atoms with Crippen LogP contribution in [0.5, 0.6) is 0 Å². The second-order valence-corrected chi connectivity index (χ2v) is 5.37. The Bertz CT molecular complexity index is 522. The molecular formula is C13H15Cl2N3O2. The Morgan fingerprint density at radius 2 is 2.15 bits per heavy atom. The zero-order chi connectivity index (χ0) is 14.5.